The van der Waals surface area contributed by atoms with Crippen LogP contribution >= 0.6 is 0 Å². The number of para-hydroxylation sites is 1. The van der Waals surface area contributed by atoms with Crippen molar-refractivity contribution in [3.63, 3.8) is 0 Å². The number of ether oxygens (including phenoxy) is 3. The molecule has 0 bridgehead atoms. The molecule has 0 aliphatic heterocycles. The third-order valence-corrected chi connectivity index (χ3v) is 2.05. The van der Waals surface area contributed by atoms with Gasteiger partial charge in [0.05, 0.1) is 5.92 Å². The Kier molecular flexibility index (Phi) is 5.29. The Labute approximate surface area is 110 Å². The monoisotopic (exact) mass is 270 g/mol. The summed E-state index contributed by atoms with van der Waals surface area (Å²) in [5, 5.41) is 0. The smallest absolute Gasteiger partial charge is 0.425 e. The quantitative estimate of drug-likeness (QED) is 0.478. The first-order valence-corrected chi connectivity index (χ1v) is 5.73. The maximum Gasteiger partial charge on any atom is 0.517 e. The van der Waals surface area contributed by atoms with Gasteiger partial charge in [0.2, 0.25) is 6.29 Å². The van der Waals surface area contributed by atoms with Gasteiger partial charge >= 0.3 is 12.1 Å². The van der Waals surface area contributed by atoms with Crippen LogP contribution in [0.1, 0.15) is 20.8 Å². The number of hydrogen-bond acceptors (Lipinski definition) is 5. The summed E-state index contributed by atoms with van der Waals surface area (Å²) in [6.45, 7) is 4.66. The number of carbonyl (C=O) groups excluding carboxylic acids is 2. The Morgan fingerprint density at radius 2 is 1.74 bits per heavy atom. The first kappa shape index (κ1) is 14.9. The van der Waals surface area contributed by atoms with Crippen molar-refractivity contribution in [2.75, 3.05) is 0 Å². The molecule has 0 unspecified atom stereocenters. The Hall–Kier alpha value is -2.11. The zero-order valence-electron chi connectivity index (χ0n) is 10.9. The molecule has 0 N–H and O–H groups in total. The molecular weight excluding hydrogens is 255 g/mol. The molecule has 5 nitrogen and oxygen atoms in total. The highest BCUT2D eigenvalue weighted by Crippen LogP contribution is 2.16. The fourth-order valence-electron chi connectivity index (χ4n) is 1.10. The second-order valence-corrected chi connectivity index (χ2v) is 4.06. The molecule has 0 spiro atoms. The number of hydrogen-bond donors (Lipinski definition) is 0. The third-order valence-electron chi connectivity index (χ3n) is 2.05. The molecule has 1 rings (SSSR count). The molecule has 1 atom stereocenters. The van der Waals surface area contributed by atoms with Gasteiger partial charge in [0.15, 0.2) is 11.6 Å². The van der Waals surface area contributed by atoms with Gasteiger partial charge in [-0.2, -0.15) is 0 Å². The molecule has 6 heteroatoms. The van der Waals surface area contributed by atoms with E-state index in [0.29, 0.717) is 0 Å². The molecule has 1 aromatic rings. The lowest BCUT2D eigenvalue weighted by molar-refractivity contribution is -0.170. The van der Waals surface area contributed by atoms with Crippen molar-refractivity contribution >= 4 is 12.1 Å². The van der Waals surface area contributed by atoms with Gasteiger partial charge in [0, 0.05) is 6.92 Å². The molecule has 0 aromatic heterocycles. The summed E-state index contributed by atoms with van der Waals surface area (Å²) in [5.41, 5.74) is 0. The molecule has 0 saturated carbocycles. The molecular formula is C13H15FO5. The number of benzene rings is 1. The third kappa shape index (κ3) is 4.95. The first-order chi connectivity index (χ1) is 8.90. The van der Waals surface area contributed by atoms with Gasteiger partial charge in [-0.1, -0.05) is 26.0 Å². The molecule has 0 aliphatic rings. The van der Waals surface area contributed by atoms with Crippen LogP contribution in [0, 0.1) is 11.7 Å². The van der Waals surface area contributed by atoms with E-state index in [0.717, 1.165) is 6.07 Å². The number of carbonyl (C=O) groups is 2. The van der Waals surface area contributed by atoms with Crippen LogP contribution < -0.4 is 4.74 Å². The molecule has 104 valence electrons. The van der Waals surface area contributed by atoms with Gasteiger partial charge in [-0.25, -0.2) is 9.18 Å². The van der Waals surface area contributed by atoms with E-state index in [1.54, 1.807) is 13.8 Å². The zero-order valence-corrected chi connectivity index (χ0v) is 10.9. The highest BCUT2D eigenvalue weighted by molar-refractivity contribution is 5.72. The number of rotatable bonds is 4. The lowest BCUT2D eigenvalue weighted by atomic mass is 10.2. The van der Waals surface area contributed by atoms with Crippen molar-refractivity contribution in [3.05, 3.63) is 30.1 Å². The van der Waals surface area contributed by atoms with Crippen LogP contribution in [0.2, 0.25) is 0 Å². The second kappa shape index (κ2) is 6.72. The lowest BCUT2D eigenvalue weighted by Gasteiger charge is -2.15. The van der Waals surface area contributed by atoms with Crippen molar-refractivity contribution in [3.8, 4) is 5.75 Å². The largest absolute Gasteiger partial charge is 0.517 e. The molecule has 0 radical (unpaired) electrons. The Balaban J connectivity index is 2.48. The molecule has 0 aliphatic carbocycles. The summed E-state index contributed by atoms with van der Waals surface area (Å²) in [5.74, 6) is -1.79. The van der Waals surface area contributed by atoms with Crippen LogP contribution in [-0.4, -0.2) is 18.4 Å². The Bertz CT molecular complexity index is 458. The van der Waals surface area contributed by atoms with Crippen molar-refractivity contribution in [2.45, 2.75) is 27.1 Å². The van der Waals surface area contributed by atoms with Gasteiger partial charge < -0.3 is 14.2 Å². The average Bonchev–Trinajstić information content (AvgIpc) is 2.31. The summed E-state index contributed by atoms with van der Waals surface area (Å²) >= 11 is 0. The molecule has 19 heavy (non-hydrogen) atoms. The standard InChI is InChI=1S/C13H15FO5/c1-8(2)12(15)17-9(3)18-13(16)19-11-7-5-4-6-10(11)14/h4-9H,1-3H3/t9-/m1/s1. The highest BCUT2D eigenvalue weighted by Gasteiger charge is 2.18. The maximum atomic E-state index is 13.2. The predicted octanol–water partition coefficient (Wildman–Crippen LogP) is 2.89. The van der Waals surface area contributed by atoms with Gasteiger partial charge in [0.25, 0.3) is 0 Å². The number of esters is 1. The fraction of sp³-hybridized carbons (Fsp3) is 0.385. The van der Waals surface area contributed by atoms with E-state index in [-0.39, 0.29) is 11.7 Å². The highest BCUT2D eigenvalue weighted by atomic mass is 19.1. The fourth-order valence-corrected chi connectivity index (χ4v) is 1.10. The van der Waals surface area contributed by atoms with E-state index in [1.807, 2.05) is 0 Å². The van der Waals surface area contributed by atoms with E-state index in [9.17, 15) is 14.0 Å². The molecule has 0 fully saturated rings. The van der Waals surface area contributed by atoms with Gasteiger partial charge in [-0.15, -0.1) is 0 Å². The van der Waals surface area contributed by atoms with Crippen LogP contribution in [0.25, 0.3) is 0 Å². The van der Waals surface area contributed by atoms with E-state index >= 15 is 0 Å². The molecule has 0 amide bonds. The van der Waals surface area contributed by atoms with Crippen molar-refractivity contribution in [2.24, 2.45) is 5.92 Å². The summed E-state index contributed by atoms with van der Waals surface area (Å²) < 4.78 is 27.3. The van der Waals surface area contributed by atoms with Gasteiger partial charge in [0.1, 0.15) is 0 Å². The average molecular weight is 270 g/mol. The Morgan fingerprint density at radius 3 is 2.32 bits per heavy atom. The molecule has 1 aromatic carbocycles. The minimum Gasteiger partial charge on any atom is -0.425 e. The topological polar surface area (TPSA) is 61.8 Å². The van der Waals surface area contributed by atoms with Gasteiger partial charge in [-0.05, 0) is 12.1 Å². The summed E-state index contributed by atoms with van der Waals surface area (Å²) in [6.07, 6.45) is -2.25. The minimum absolute atomic E-state index is 0.255. The Morgan fingerprint density at radius 1 is 1.11 bits per heavy atom. The van der Waals surface area contributed by atoms with Crippen LogP contribution in [0.3, 0.4) is 0 Å². The zero-order chi connectivity index (χ0) is 14.4. The van der Waals surface area contributed by atoms with Crippen molar-refractivity contribution in [1.29, 1.82) is 0 Å². The summed E-state index contributed by atoms with van der Waals surface area (Å²) in [6, 6.07) is 5.39. The van der Waals surface area contributed by atoms with Crippen LogP contribution in [-0.2, 0) is 14.3 Å². The van der Waals surface area contributed by atoms with Crippen LogP contribution in [0.4, 0.5) is 9.18 Å². The number of halogens is 1. The molecule has 0 saturated heterocycles. The van der Waals surface area contributed by atoms with E-state index in [4.69, 9.17) is 4.74 Å². The van der Waals surface area contributed by atoms with Crippen LogP contribution in [0.15, 0.2) is 24.3 Å². The second-order valence-electron chi connectivity index (χ2n) is 4.06. The normalized spacial score (nSPS) is 11.8. The SMILES string of the molecule is CC(C)C(=O)O[C@@H](C)OC(=O)Oc1ccccc1F. The molecule has 0 heterocycles. The van der Waals surface area contributed by atoms with Crippen molar-refractivity contribution in [1.82, 2.24) is 0 Å². The van der Waals surface area contributed by atoms with E-state index < -0.39 is 24.2 Å². The predicted molar refractivity (Wildman–Crippen MR) is 63.9 cm³/mol. The van der Waals surface area contributed by atoms with E-state index in [2.05, 4.69) is 9.47 Å². The van der Waals surface area contributed by atoms with E-state index in [1.165, 1.54) is 25.1 Å². The van der Waals surface area contributed by atoms with Crippen LogP contribution in [0.5, 0.6) is 5.75 Å². The summed E-state index contributed by atoms with van der Waals surface area (Å²) in [7, 11) is 0. The maximum absolute atomic E-state index is 13.2. The summed E-state index contributed by atoms with van der Waals surface area (Å²) in [4.78, 5) is 22.6. The van der Waals surface area contributed by atoms with Gasteiger partial charge in [-0.3, -0.25) is 4.79 Å². The van der Waals surface area contributed by atoms with Crippen molar-refractivity contribution < 1.29 is 28.2 Å². The first-order valence-electron chi connectivity index (χ1n) is 5.73. The lowest BCUT2D eigenvalue weighted by Crippen LogP contribution is -2.25. The minimum atomic E-state index is -1.14.